The zero-order valence-electron chi connectivity index (χ0n) is 22.2. The zero-order chi connectivity index (χ0) is 26.8. The van der Waals surface area contributed by atoms with E-state index in [0.29, 0.717) is 28.1 Å². The van der Waals surface area contributed by atoms with Crippen molar-refractivity contribution >= 4 is 11.1 Å². The zero-order valence-corrected chi connectivity index (χ0v) is 22.2. The van der Waals surface area contributed by atoms with Crippen molar-refractivity contribution in [2.24, 2.45) is 4.99 Å². The lowest BCUT2D eigenvalue weighted by molar-refractivity contribution is 0.288. The van der Waals surface area contributed by atoms with Crippen molar-refractivity contribution in [3.05, 3.63) is 75.0 Å². The van der Waals surface area contributed by atoms with Crippen LogP contribution in [0.3, 0.4) is 0 Å². The Bertz CT molecular complexity index is 1650. The average molecular weight is 528 g/mol. The van der Waals surface area contributed by atoms with Gasteiger partial charge in [-0.15, -0.1) is 0 Å². The molecule has 0 spiro atoms. The molecular formula is C31H33N3O5. The van der Waals surface area contributed by atoms with Crippen LogP contribution >= 0.6 is 0 Å². The average Bonchev–Trinajstić information content (AvgIpc) is 2.98. The predicted octanol–water partition coefficient (Wildman–Crippen LogP) is 6.02. The predicted molar refractivity (Wildman–Crippen MR) is 149 cm³/mol. The van der Waals surface area contributed by atoms with Crippen LogP contribution in [-0.4, -0.2) is 22.7 Å². The quantitative estimate of drug-likeness (QED) is 0.314. The molecule has 0 aliphatic heterocycles. The normalized spacial score (nSPS) is 17.5. The molecule has 8 nitrogen and oxygen atoms in total. The van der Waals surface area contributed by atoms with Crippen molar-refractivity contribution < 1.29 is 13.6 Å². The first-order chi connectivity index (χ1) is 19.1. The smallest absolute Gasteiger partial charge is 0.363 e. The number of para-hydroxylation sites is 2. The molecule has 2 heterocycles. The first kappa shape index (κ1) is 25.3. The van der Waals surface area contributed by atoms with Gasteiger partial charge in [0, 0.05) is 11.6 Å². The van der Waals surface area contributed by atoms with Crippen molar-refractivity contribution in [1.29, 1.82) is 0 Å². The van der Waals surface area contributed by atoms with E-state index in [4.69, 9.17) is 18.6 Å². The molecule has 39 heavy (non-hydrogen) atoms. The first-order valence-corrected chi connectivity index (χ1v) is 14.0. The summed E-state index contributed by atoms with van der Waals surface area (Å²) in [6.45, 7) is 0. The number of ether oxygens (including phenoxy) is 1. The minimum atomic E-state index is -0.678. The van der Waals surface area contributed by atoms with Crippen LogP contribution in [0.25, 0.3) is 33.7 Å². The molecule has 0 radical (unpaired) electrons. The molecule has 202 valence electrons. The molecule has 4 aromatic rings. The molecule has 2 aromatic heterocycles. The minimum Gasteiger partial charge on any atom is -0.497 e. The molecule has 8 heteroatoms. The number of hydrogen-bond donors (Lipinski definition) is 0. The van der Waals surface area contributed by atoms with Gasteiger partial charge in [0.2, 0.25) is 0 Å². The number of benzene rings is 2. The molecule has 0 unspecified atom stereocenters. The van der Waals surface area contributed by atoms with Gasteiger partial charge in [-0.05, 0) is 62.1 Å². The largest absolute Gasteiger partial charge is 0.497 e. The molecule has 0 N–H and O–H groups in total. The highest BCUT2D eigenvalue weighted by Crippen LogP contribution is 2.31. The number of rotatable bonds is 5. The summed E-state index contributed by atoms with van der Waals surface area (Å²) in [6, 6.07) is 14.3. The van der Waals surface area contributed by atoms with Gasteiger partial charge in [-0.3, -0.25) is 9.36 Å². The molecule has 0 saturated heterocycles. The summed E-state index contributed by atoms with van der Waals surface area (Å²) in [7, 11) is 1.60. The maximum Gasteiger partial charge on any atom is 0.363 e. The molecule has 2 aliphatic carbocycles. The van der Waals surface area contributed by atoms with E-state index in [9.17, 15) is 9.59 Å². The summed E-state index contributed by atoms with van der Waals surface area (Å²) in [5.74, 6) is 0.936. The van der Waals surface area contributed by atoms with Crippen molar-refractivity contribution in [2.45, 2.75) is 76.3 Å². The maximum atomic E-state index is 14.5. The number of nitrogens with zero attached hydrogens (tertiary/aromatic N) is 3. The molecule has 0 amide bonds. The van der Waals surface area contributed by atoms with E-state index < -0.39 is 5.63 Å². The summed E-state index contributed by atoms with van der Waals surface area (Å²) < 4.78 is 19.3. The molecule has 2 aromatic carbocycles. The van der Waals surface area contributed by atoms with Crippen LogP contribution in [0, 0.1) is 0 Å². The van der Waals surface area contributed by atoms with Crippen molar-refractivity contribution in [1.82, 2.24) is 9.55 Å². The highest BCUT2D eigenvalue weighted by molar-refractivity contribution is 5.80. The monoisotopic (exact) mass is 527 g/mol. The number of methoxy groups -OCH3 is 1. The summed E-state index contributed by atoms with van der Waals surface area (Å²) >= 11 is 0. The second kappa shape index (κ2) is 11.0. The Kier molecular flexibility index (Phi) is 7.18. The van der Waals surface area contributed by atoms with E-state index in [1.807, 2.05) is 18.2 Å². The summed E-state index contributed by atoms with van der Waals surface area (Å²) in [6.07, 6.45) is 10.3. The van der Waals surface area contributed by atoms with Crippen LogP contribution in [0.15, 0.2) is 71.9 Å². The first-order valence-electron chi connectivity index (χ1n) is 14.0. The Morgan fingerprint density at radius 2 is 1.56 bits per heavy atom. The van der Waals surface area contributed by atoms with E-state index in [0.717, 1.165) is 57.8 Å². The fourth-order valence-electron chi connectivity index (χ4n) is 5.87. The molecule has 2 fully saturated rings. The van der Waals surface area contributed by atoms with E-state index in [1.54, 1.807) is 42.0 Å². The lowest BCUT2D eigenvalue weighted by Crippen LogP contribution is -2.40. The fraction of sp³-hybridized carbons (Fsp3) is 0.419. The van der Waals surface area contributed by atoms with Gasteiger partial charge in [-0.1, -0.05) is 50.7 Å². The van der Waals surface area contributed by atoms with Gasteiger partial charge in [0.25, 0.3) is 5.56 Å². The van der Waals surface area contributed by atoms with Crippen LogP contribution in [0.4, 0.5) is 0 Å². The molecule has 2 saturated carbocycles. The summed E-state index contributed by atoms with van der Waals surface area (Å²) in [4.78, 5) is 37.5. The Morgan fingerprint density at radius 3 is 2.28 bits per heavy atom. The van der Waals surface area contributed by atoms with Crippen LogP contribution in [0.5, 0.6) is 5.75 Å². The van der Waals surface area contributed by atoms with Gasteiger partial charge in [0.05, 0.1) is 13.2 Å². The van der Waals surface area contributed by atoms with Crippen LogP contribution < -0.4 is 21.6 Å². The highest BCUT2D eigenvalue weighted by Gasteiger charge is 2.28. The van der Waals surface area contributed by atoms with Gasteiger partial charge in [-0.25, -0.2) is 14.8 Å². The van der Waals surface area contributed by atoms with Gasteiger partial charge >= 0.3 is 11.3 Å². The number of hydrogen-bond acceptors (Lipinski definition) is 7. The second-order valence-electron chi connectivity index (χ2n) is 10.5. The third-order valence-corrected chi connectivity index (χ3v) is 7.95. The lowest BCUT2D eigenvalue weighted by Gasteiger charge is -2.25. The third-order valence-electron chi connectivity index (χ3n) is 7.95. The maximum absolute atomic E-state index is 14.5. The Hall–Kier alpha value is -3.94. The van der Waals surface area contributed by atoms with E-state index in [-0.39, 0.29) is 34.7 Å². The number of aromatic nitrogens is 2. The lowest BCUT2D eigenvalue weighted by atomic mass is 9.95. The van der Waals surface area contributed by atoms with Crippen LogP contribution in [0.2, 0.25) is 0 Å². The summed E-state index contributed by atoms with van der Waals surface area (Å²) in [5.41, 5.74) is 0.881. The molecule has 0 atom stereocenters. The second-order valence-corrected chi connectivity index (χ2v) is 10.5. The molecule has 2 aliphatic rings. The Balaban J connectivity index is 1.66. The van der Waals surface area contributed by atoms with Crippen LogP contribution in [-0.2, 0) is 0 Å². The van der Waals surface area contributed by atoms with Crippen molar-refractivity contribution in [3.8, 4) is 28.3 Å². The van der Waals surface area contributed by atoms with Gasteiger partial charge in [0.1, 0.15) is 16.8 Å². The van der Waals surface area contributed by atoms with E-state index in [2.05, 4.69) is 4.98 Å². The highest BCUT2D eigenvalue weighted by atomic mass is 16.5. The SMILES string of the molecule is COc1ccc(-c2oc(=NC3CCCCC3)n(C3CCCCC3)c(=O)c2-c2nc3ccccc3oc2=O)cc1. The van der Waals surface area contributed by atoms with E-state index >= 15 is 0 Å². The van der Waals surface area contributed by atoms with Crippen molar-refractivity contribution in [2.75, 3.05) is 7.11 Å². The fourth-order valence-corrected chi connectivity index (χ4v) is 5.87. The topological polar surface area (TPSA) is 99.8 Å². The Morgan fingerprint density at radius 1 is 0.872 bits per heavy atom. The minimum absolute atomic E-state index is 0.0477. The summed E-state index contributed by atoms with van der Waals surface area (Å²) in [5, 5.41) is 0. The third kappa shape index (κ3) is 5.07. The molecular weight excluding hydrogens is 494 g/mol. The Labute approximate surface area is 226 Å². The number of fused-ring (bicyclic) bond motifs is 1. The molecule has 0 bridgehead atoms. The van der Waals surface area contributed by atoms with Crippen LogP contribution in [0.1, 0.15) is 70.3 Å². The van der Waals surface area contributed by atoms with Gasteiger partial charge in [-0.2, -0.15) is 0 Å². The van der Waals surface area contributed by atoms with E-state index in [1.165, 1.54) is 6.42 Å². The van der Waals surface area contributed by atoms with Gasteiger partial charge < -0.3 is 13.6 Å². The van der Waals surface area contributed by atoms with Gasteiger partial charge in [0.15, 0.2) is 17.0 Å². The van der Waals surface area contributed by atoms with Crippen molar-refractivity contribution in [3.63, 3.8) is 0 Å². The molecule has 6 rings (SSSR count). The standard InChI is InChI=1S/C31H33N3O5/c1-37-23-18-16-20(17-19-23)28-26(27-30(36)38-25-15-9-8-14-24(25)33-27)29(35)34(22-12-6-3-7-13-22)31(39-28)32-21-10-4-2-5-11-21/h8-9,14-19,21-22H,2-7,10-13H2,1H3.